The molecule has 0 aliphatic carbocycles. The molecule has 6 nitrogen and oxygen atoms in total. The van der Waals surface area contributed by atoms with Gasteiger partial charge in [-0.1, -0.05) is 12.1 Å². The molecule has 6 heteroatoms. The summed E-state index contributed by atoms with van der Waals surface area (Å²) in [6, 6.07) is 8.50. The van der Waals surface area contributed by atoms with Crippen LogP contribution in [0.2, 0.25) is 0 Å². The number of hydrogen-bond acceptors (Lipinski definition) is 5. The first kappa shape index (κ1) is 14.8. The molecule has 122 valence electrons. The molecule has 2 aromatic heterocycles. The third kappa shape index (κ3) is 2.35. The van der Waals surface area contributed by atoms with Crippen molar-refractivity contribution >= 4 is 16.8 Å². The number of pyridine rings is 1. The first-order chi connectivity index (χ1) is 11.6. The van der Waals surface area contributed by atoms with E-state index in [1.165, 1.54) is 6.07 Å². The van der Waals surface area contributed by atoms with Crippen molar-refractivity contribution in [2.24, 2.45) is 0 Å². The van der Waals surface area contributed by atoms with E-state index in [1.807, 2.05) is 11.6 Å². The standard InChI is InChI=1S/C18H17N3O3/c1-11-15-8-12(17(23)14-4-2-3-5-16(14)22)9-19-18(15)21(20-11)13-6-7-24-10-13/h2-5,8-9,13,22H,6-7,10H2,1H3. The fourth-order valence-electron chi connectivity index (χ4n) is 3.08. The molecular formula is C18H17N3O3. The van der Waals surface area contributed by atoms with Crippen molar-refractivity contribution in [2.45, 2.75) is 19.4 Å². The maximum Gasteiger partial charge on any atom is 0.198 e. The Morgan fingerprint density at radius 3 is 2.96 bits per heavy atom. The zero-order chi connectivity index (χ0) is 16.7. The molecule has 4 rings (SSSR count). The zero-order valence-corrected chi connectivity index (χ0v) is 13.3. The van der Waals surface area contributed by atoms with Crippen LogP contribution < -0.4 is 0 Å². The molecule has 24 heavy (non-hydrogen) atoms. The smallest absolute Gasteiger partial charge is 0.198 e. The van der Waals surface area contributed by atoms with Crippen LogP contribution in [0.5, 0.6) is 5.75 Å². The summed E-state index contributed by atoms with van der Waals surface area (Å²) >= 11 is 0. The van der Waals surface area contributed by atoms with Gasteiger partial charge in [0.1, 0.15) is 5.75 Å². The number of carbonyl (C=O) groups is 1. The van der Waals surface area contributed by atoms with Crippen molar-refractivity contribution in [2.75, 3.05) is 13.2 Å². The Morgan fingerprint density at radius 2 is 2.21 bits per heavy atom. The van der Waals surface area contributed by atoms with Crippen LogP contribution in [-0.2, 0) is 4.74 Å². The molecule has 0 radical (unpaired) electrons. The van der Waals surface area contributed by atoms with E-state index in [-0.39, 0.29) is 23.1 Å². The van der Waals surface area contributed by atoms with Crippen LogP contribution in [0.15, 0.2) is 36.5 Å². The number of ketones is 1. The summed E-state index contributed by atoms with van der Waals surface area (Å²) in [5.41, 5.74) is 2.30. The number of phenolic OH excluding ortho intramolecular Hbond substituents is 1. The van der Waals surface area contributed by atoms with E-state index >= 15 is 0 Å². The number of aromatic hydroxyl groups is 1. The molecule has 1 unspecified atom stereocenters. The minimum Gasteiger partial charge on any atom is -0.507 e. The molecule has 3 aromatic rings. The van der Waals surface area contributed by atoms with Gasteiger partial charge in [-0.3, -0.25) is 4.79 Å². The van der Waals surface area contributed by atoms with E-state index < -0.39 is 0 Å². The van der Waals surface area contributed by atoms with E-state index in [0.717, 1.165) is 29.8 Å². The second kappa shape index (κ2) is 5.72. The van der Waals surface area contributed by atoms with Crippen LogP contribution in [0.25, 0.3) is 11.0 Å². The number of ether oxygens (including phenoxy) is 1. The second-order valence-corrected chi connectivity index (χ2v) is 5.99. The summed E-state index contributed by atoms with van der Waals surface area (Å²) in [5.74, 6) is -0.281. The number of aromatic nitrogens is 3. The number of fused-ring (bicyclic) bond motifs is 1. The average molecular weight is 323 g/mol. The number of hydrogen-bond donors (Lipinski definition) is 1. The van der Waals surface area contributed by atoms with Crippen LogP contribution >= 0.6 is 0 Å². The van der Waals surface area contributed by atoms with Gasteiger partial charge in [0.25, 0.3) is 0 Å². The molecule has 1 N–H and O–H groups in total. The number of phenols is 1. The predicted octanol–water partition coefficient (Wildman–Crippen LogP) is 2.64. The van der Waals surface area contributed by atoms with Gasteiger partial charge in [0.2, 0.25) is 0 Å². The normalized spacial score (nSPS) is 17.5. The number of nitrogens with zero attached hydrogens (tertiary/aromatic N) is 3. The largest absolute Gasteiger partial charge is 0.507 e. The first-order valence-electron chi connectivity index (χ1n) is 7.90. The summed E-state index contributed by atoms with van der Waals surface area (Å²) in [6.45, 7) is 3.27. The van der Waals surface area contributed by atoms with Crippen molar-refractivity contribution < 1.29 is 14.6 Å². The average Bonchev–Trinajstić information content (AvgIpc) is 3.23. The molecule has 0 bridgehead atoms. The lowest BCUT2D eigenvalue weighted by Gasteiger charge is -2.09. The third-order valence-corrected chi connectivity index (χ3v) is 4.39. The van der Waals surface area contributed by atoms with Crippen molar-refractivity contribution in [1.82, 2.24) is 14.8 Å². The van der Waals surface area contributed by atoms with E-state index in [9.17, 15) is 9.90 Å². The Morgan fingerprint density at radius 1 is 1.38 bits per heavy atom. The number of benzene rings is 1. The van der Waals surface area contributed by atoms with Gasteiger partial charge in [-0.25, -0.2) is 9.67 Å². The van der Waals surface area contributed by atoms with Gasteiger partial charge in [-0.2, -0.15) is 5.10 Å². The summed E-state index contributed by atoms with van der Waals surface area (Å²) in [6.07, 6.45) is 2.46. The van der Waals surface area contributed by atoms with E-state index in [1.54, 1.807) is 30.5 Å². The highest BCUT2D eigenvalue weighted by molar-refractivity contribution is 6.11. The van der Waals surface area contributed by atoms with Crippen LogP contribution in [0.4, 0.5) is 0 Å². The molecule has 0 saturated carbocycles. The minimum absolute atomic E-state index is 0.0295. The lowest BCUT2D eigenvalue weighted by atomic mass is 10.0. The molecule has 0 amide bonds. The molecular weight excluding hydrogens is 306 g/mol. The van der Waals surface area contributed by atoms with Gasteiger partial charge in [-0.15, -0.1) is 0 Å². The number of aryl methyl sites for hydroxylation is 1. The Bertz CT molecular complexity index is 926. The number of para-hydroxylation sites is 1. The monoisotopic (exact) mass is 323 g/mol. The topological polar surface area (TPSA) is 77.2 Å². The lowest BCUT2D eigenvalue weighted by Crippen LogP contribution is -2.11. The van der Waals surface area contributed by atoms with Crippen molar-refractivity contribution in [3.63, 3.8) is 0 Å². The summed E-state index contributed by atoms with van der Waals surface area (Å²) < 4.78 is 7.33. The van der Waals surface area contributed by atoms with Gasteiger partial charge in [-0.05, 0) is 31.5 Å². The molecule has 3 heterocycles. The summed E-state index contributed by atoms with van der Waals surface area (Å²) in [5, 5.41) is 15.3. The van der Waals surface area contributed by atoms with Gasteiger partial charge >= 0.3 is 0 Å². The van der Waals surface area contributed by atoms with E-state index in [4.69, 9.17) is 4.74 Å². The van der Waals surface area contributed by atoms with Crippen LogP contribution in [0, 0.1) is 6.92 Å². The summed E-state index contributed by atoms with van der Waals surface area (Å²) in [4.78, 5) is 17.1. The van der Waals surface area contributed by atoms with Gasteiger partial charge in [0.05, 0.1) is 23.9 Å². The molecule has 1 atom stereocenters. The number of carbonyl (C=O) groups excluding carboxylic acids is 1. The van der Waals surface area contributed by atoms with E-state index in [2.05, 4.69) is 10.1 Å². The zero-order valence-electron chi connectivity index (χ0n) is 13.3. The number of rotatable bonds is 3. The highest BCUT2D eigenvalue weighted by Gasteiger charge is 2.23. The lowest BCUT2D eigenvalue weighted by molar-refractivity contribution is 0.103. The third-order valence-electron chi connectivity index (χ3n) is 4.39. The molecule has 1 fully saturated rings. The van der Waals surface area contributed by atoms with E-state index in [0.29, 0.717) is 12.2 Å². The highest BCUT2D eigenvalue weighted by atomic mass is 16.5. The first-order valence-corrected chi connectivity index (χ1v) is 7.90. The van der Waals surface area contributed by atoms with Crippen molar-refractivity contribution in [3.8, 4) is 5.75 Å². The fraction of sp³-hybridized carbons (Fsp3) is 0.278. The Hall–Kier alpha value is -2.73. The van der Waals surface area contributed by atoms with Crippen molar-refractivity contribution in [3.05, 3.63) is 53.3 Å². The molecule has 1 aromatic carbocycles. The predicted molar refractivity (Wildman–Crippen MR) is 88.3 cm³/mol. The SMILES string of the molecule is Cc1nn(C2CCOC2)c2ncc(C(=O)c3ccccc3O)cc12. The molecule has 1 aliphatic heterocycles. The van der Waals surface area contributed by atoms with Crippen LogP contribution in [0.3, 0.4) is 0 Å². The fourth-order valence-corrected chi connectivity index (χ4v) is 3.08. The van der Waals surface area contributed by atoms with Crippen molar-refractivity contribution in [1.29, 1.82) is 0 Å². The van der Waals surface area contributed by atoms with Crippen LogP contribution in [0.1, 0.15) is 34.1 Å². The van der Waals surface area contributed by atoms with Gasteiger partial charge in [0.15, 0.2) is 11.4 Å². The quantitative estimate of drug-likeness (QED) is 0.750. The van der Waals surface area contributed by atoms with Gasteiger partial charge in [0, 0.05) is 23.8 Å². The van der Waals surface area contributed by atoms with Gasteiger partial charge < -0.3 is 9.84 Å². The Balaban J connectivity index is 1.78. The van der Waals surface area contributed by atoms with Crippen LogP contribution in [-0.4, -0.2) is 38.9 Å². The second-order valence-electron chi connectivity index (χ2n) is 5.99. The highest BCUT2D eigenvalue weighted by Crippen LogP contribution is 2.27. The maximum absolute atomic E-state index is 12.6. The maximum atomic E-state index is 12.6. The summed E-state index contributed by atoms with van der Waals surface area (Å²) in [7, 11) is 0. The molecule has 1 aliphatic rings. The molecule has 0 spiro atoms. The minimum atomic E-state index is -0.251. The Labute approximate surface area is 138 Å². The Kier molecular flexibility index (Phi) is 3.54. The molecule has 1 saturated heterocycles.